The molecule has 2 bridgehead atoms. The predicted molar refractivity (Wildman–Crippen MR) is 111 cm³/mol. The Labute approximate surface area is 177 Å². The summed E-state index contributed by atoms with van der Waals surface area (Å²) in [6, 6.07) is 5.92. The number of carbonyl (C=O) groups is 2. The quantitative estimate of drug-likeness (QED) is 0.662. The van der Waals surface area contributed by atoms with E-state index in [4.69, 9.17) is 9.90 Å². The van der Waals surface area contributed by atoms with Gasteiger partial charge in [-0.15, -0.1) is 0 Å². The summed E-state index contributed by atoms with van der Waals surface area (Å²) in [5, 5.41) is 9.94. The number of sulfonamides is 1. The number of hydrogen-bond donors (Lipinski definition) is 2. The van der Waals surface area contributed by atoms with Crippen LogP contribution in [0.25, 0.3) is 0 Å². The second kappa shape index (κ2) is 9.84. The lowest BCUT2D eigenvalue weighted by molar-refractivity contribution is -0.122. The number of amides is 1. The fraction of sp³-hybridized carbons (Fsp3) is 0.650. The van der Waals surface area contributed by atoms with E-state index in [9.17, 15) is 13.2 Å². The zero-order chi connectivity index (χ0) is 21.7. The largest absolute Gasteiger partial charge is 0.483 e. The molecule has 4 heterocycles. The van der Waals surface area contributed by atoms with Gasteiger partial charge in [-0.2, -0.15) is 0 Å². The third-order valence-corrected chi connectivity index (χ3v) is 7.66. The van der Waals surface area contributed by atoms with Crippen LogP contribution in [0.2, 0.25) is 0 Å². The van der Waals surface area contributed by atoms with E-state index in [1.165, 1.54) is 19.1 Å². The monoisotopic (exact) mass is 438 g/mol. The van der Waals surface area contributed by atoms with Gasteiger partial charge in [0.1, 0.15) is 5.69 Å². The molecule has 0 aromatic carbocycles. The van der Waals surface area contributed by atoms with Gasteiger partial charge in [0.25, 0.3) is 12.4 Å². The standard InChI is InChI=1S/C19H28N4O3S.CH2O2/c1-27(25,26)22-12-14-10-15(13-22)18(23-9-5-3-7-17(14)23)11-21-19(24)16-6-2-4-8-20-16;2-1-3/h2,4,6,8,14-15,17-18H,3,5,7,9-13H2,1H3,(H,21,24);1H,(H,2,3)/t14-,15+,17+,18+;/m1./s1. The zero-order valence-electron chi connectivity index (χ0n) is 17.2. The van der Waals surface area contributed by atoms with Crippen molar-refractivity contribution in [2.24, 2.45) is 11.8 Å². The van der Waals surface area contributed by atoms with Crippen LogP contribution in [-0.2, 0) is 14.8 Å². The van der Waals surface area contributed by atoms with E-state index >= 15 is 0 Å². The van der Waals surface area contributed by atoms with E-state index in [1.807, 2.05) is 0 Å². The molecule has 0 spiro atoms. The molecule has 1 amide bonds. The molecule has 166 valence electrons. The average Bonchev–Trinajstić information content (AvgIpc) is 2.74. The molecule has 0 unspecified atom stereocenters. The maximum absolute atomic E-state index is 12.4. The minimum absolute atomic E-state index is 0.165. The van der Waals surface area contributed by atoms with Crippen LogP contribution in [0.15, 0.2) is 24.4 Å². The molecule has 4 atom stereocenters. The maximum Gasteiger partial charge on any atom is 0.290 e. The lowest BCUT2D eigenvalue weighted by atomic mass is 9.73. The summed E-state index contributed by atoms with van der Waals surface area (Å²) >= 11 is 0. The molecule has 0 aliphatic carbocycles. The lowest BCUT2D eigenvalue weighted by Crippen LogP contribution is -2.66. The number of carbonyl (C=O) groups excluding carboxylic acids is 1. The molecular weight excluding hydrogens is 408 g/mol. The molecule has 1 aromatic heterocycles. The number of fused-ring (bicyclic) bond motifs is 4. The first-order valence-electron chi connectivity index (χ1n) is 10.3. The van der Waals surface area contributed by atoms with Crippen LogP contribution in [0.4, 0.5) is 0 Å². The van der Waals surface area contributed by atoms with Gasteiger partial charge in [-0.1, -0.05) is 12.5 Å². The molecule has 9 nitrogen and oxygen atoms in total. The molecule has 30 heavy (non-hydrogen) atoms. The van der Waals surface area contributed by atoms with Crippen molar-refractivity contribution in [2.45, 2.75) is 37.8 Å². The average molecular weight is 439 g/mol. The van der Waals surface area contributed by atoms with Crippen molar-refractivity contribution in [1.29, 1.82) is 0 Å². The van der Waals surface area contributed by atoms with Gasteiger partial charge in [0.2, 0.25) is 10.0 Å². The third kappa shape index (κ3) is 5.16. The topological polar surface area (TPSA) is 120 Å². The summed E-state index contributed by atoms with van der Waals surface area (Å²) < 4.78 is 26.0. The number of aromatic nitrogens is 1. The van der Waals surface area contributed by atoms with Gasteiger partial charge in [0.15, 0.2) is 0 Å². The molecule has 3 aliphatic rings. The molecule has 0 radical (unpaired) electrons. The van der Waals surface area contributed by atoms with Crippen molar-refractivity contribution in [3.63, 3.8) is 0 Å². The van der Waals surface area contributed by atoms with E-state index in [1.54, 1.807) is 28.7 Å². The molecule has 3 saturated heterocycles. The maximum atomic E-state index is 12.4. The van der Waals surface area contributed by atoms with Gasteiger partial charge in [-0.05, 0) is 49.8 Å². The number of carboxylic acid groups (broad SMARTS) is 1. The molecule has 10 heteroatoms. The van der Waals surface area contributed by atoms with Crippen molar-refractivity contribution in [3.8, 4) is 0 Å². The van der Waals surface area contributed by atoms with Crippen LogP contribution in [0.3, 0.4) is 0 Å². The summed E-state index contributed by atoms with van der Waals surface area (Å²) in [7, 11) is -3.19. The van der Waals surface area contributed by atoms with Crippen molar-refractivity contribution >= 4 is 22.4 Å². The first-order valence-corrected chi connectivity index (χ1v) is 12.2. The number of nitrogens with zero attached hydrogens (tertiary/aromatic N) is 3. The highest BCUT2D eigenvalue weighted by atomic mass is 32.2. The van der Waals surface area contributed by atoms with Crippen LogP contribution in [0.5, 0.6) is 0 Å². The summed E-state index contributed by atoms with van der Waals surface area (Å²) in [4.78, 5) is 27.5. The third-order valence-electron chi connectivity index (χ3n) is 6.43. The molecule has 4 rings (SSSR count). The number of piperidine rings is 3. The van der Waals surface area contributed by atoms with Crippen molar-refractivity contribution in [2.75, 3.05) is 32.4 Å². The van der Waals surface area contributed by atoms with E-state index in [2.05, 4.69) is 15.2 Å². The number of pyridine rings is 1. The molecule has 1 aromatic rings. The summed E-state index contributed by atoms with van der Waals surface area (Å²) in [6.45, 7) is 2.54. The van der Waals surface area contributed by atoms with E-state index in [0.717, 1.165) is 19.4 Å². The van der Waals surface area contributed by atoms with E-state index in [-0.39, 0.29) is 24.3 Å². The number of hydrogen-bond acceptors (Lipinski definition) is 6. The molecule has 3 fully saturated rings. The van der Waals surface area contributed by atoms with Gasteiger partial charge in [0, 0.05) is 37.9 Å². The minimum Gasteiger partial charge on any atom is -0.483 e. The lowest BCUT2D eigenvalue weighted by Gasteiger charge is -2.56. The Hall–Kier alpha value is -2.04. The van der Waals surface area contributed by atoms with Crippen molar-refractivity contribution in [3.05, 3.63) is 30.1 Å². The highest BCUT2D eigenvalue weighted by molar-refractivity contribution is 7.88. The smallest absolute Gasteiger partial charge is 0.290 e. The first kappa shape index (κ1) is 22.6. The molecular formula is C20H30N4O5S. The van der Waals surface area contributed by atoms with Gasteiger partial charge in [-0.3, -0.25) is 19.5 Å². The second-order valence-corrected chi connectivity index (χ2v) is 10.2. The van der Waals surface area contributed by atoms with Crippen LogP contribution in [0.1, 0.15) is 36.2 Å². The van der Waals surface area contributed by atoms with Crippen LogP contribution < -0.4 is 5.32 Å². The molecule has 3 aliphatic heterocycles. The minimum atomic E-state index is -3.19. The molecule has 0 saturated carbocycles. The van der Waals surface area contributed by atoms with Gasteiger partial charge < -0.3 is 10.4 Å². The Morgan fingerprint density at radius 3 is 2.70 bits per heavy atom. The summed E-state index contributed by atoms with van der Waals surface area (Å²) in [5.41, 5.74) is 0.419. The van der Waals surface area contributed by atoms with Crippen molar-refractivity contribution in [1.82, 2.24) is 19.5 Å². The Morgan fingerprint density at radius 2 is 2.03 bits per heavy atom. The van der Waals surface area contributed by atoms with Crippen molar-refractivity contribution < 1.29 is 23.1 Å². The van der Waals surface area contributed by atoms with Crippen LogP contribution in [-0.4, -0.2) is 84.6 Å². The zero-order valence-corrected chi connectivity index (χ0v) is 18.0. The number of rotatable bonds is 4. The highest BCUT2D eigenvalue weighted by Crippen LogP contribution is 2.41. The predicted octanol–water partition coefficient (Wildman–Crippen LogP) is 0.647. The molecule has 2 N–H and O–H groups in total. The van der Waals surface area contributed by atoms with Gasteiger partial charge >= 0.3 is 0 Å². The normalized spacial score (nSPS) is 29.1. The first-order chi connectivity index (χ1) is 14.3. The van der Waals surface area contributed by atoms with Gasteiger partial charge in [0.05, 0.1) is 6.26 Å². The Bertz CT molecular complexity index is 835. The summed E-state index contributed by atoms with van der Waals surface area (Å²) in [6.07, 6.45) is 7.48. The SMILES string of the molecule is CS(=O)(=O)N1C[C@H]2C[C@@H](C1)[C@H](CNC(=O)c1ccccn1)N1CCCC[C@@H]21.O=CO. The highest BCUT2D eigenvalue weighted by Gasteiger charge is 2.48. The van der Waals surface area contributed by atoms with E-state index in [0.29, 0.717) is 37.3 Å². The summed E-state index contributed by atoms with van der Waals surface area (Å²) in [5.74, 6) is 0.500. The Kier molecular flexibility index (Phi) is 7.43. The van der Waals surface area contributed by atoms with Crippen LogP contribution >= 0.6 is 0 Å². The second-order valence-electron chi connectivity index (χ2n) is 8.23. The van der Waals surface area contributed by atoms with Crippen LogP contribution in [0, 0.1) is 11.8 Å². The number of nitrogens with one attached hydrogen (secondary N) is 1. The fourth-order valence-electron chi connectivity index (χ4n) is 5.20. The van der Waals surface area contributed by atoms with E-state index < -0.39 is 10.0 Å². The van der Waals surface area contributed by atoms with Gasteiger partial charge in [-0.25, -0.2) is 12.7 Å². The Balaban J connectivity index is 0.000000806. The fourth-order valence-corrected chi connectivity index (χ4v) is 6.13. The Morgan fingerprint density at radius 1 is 1.30 bits per heavy atom.